The van der Waals surface area contributed by atoms with Crippen LogP contribution in [0.2, 0.25) is 5.02 Å². The van der Waals surface area contributed by atoms with Crippen molar-refractivity contribution in [2.75, 3.05) is 0 Å². The topological polar surface area (TPSA) is 25.8 Å². The van der Waals surface area contributed by atoms with Gasteiger partial charge < -0.3 is 0 Å². The standard InChI is InChI=1S/C18H25ClN2/c1-16(2,3)18(7,17(4,5)6)15-11-20-14-10-12(19)8-9-13(14)21-15/h8-11H,1-7H3. The van der Waals surface area contributed by atoms with Crippen molar-refractivity contribution in [3.63, 3.8) is 0 Å². The summed E-state index contributed by atoms with van der Waals surface area (Å²) < 4.78 is 0. The molecule has 0 N–H and O–H groups in total. The van der Waals surface area contributed by atoms with Gasteiger partial charge in [0.05, 0.1) is 16.7 Å². The highest BCUT2D eigenvalue weighted by atomic mass is 35.5. The summed E-state index contributed by atoms with van der Waals surface area (Å²) in [5.41, 5.74) is 2.83. The van der Waals surface area contributed by atoms with Crippen LogP contribution in [0.3, 0.4) is 0 Å². The van der Waals surface area contributed by atoms with E-state index in [2.05, 4.69) is 53.5 Å². The fourth-order valence-corrected chi connectivity index (χ4v) is 3.28. The van der Waals surface area contributed by atoms with Gasteiger partial charge in [-0.25, -0.2) is 4.98 Å². The van der Waals surface area contributed by atoms with Crippen LogP contribution in [0.15, 0.2) is 24.4 Å². The molecule has 2 rings (SSSR count). The average molecular weight is 305 g/mol. The van der Waals surface area contributed by atoms with Gasteiger partial charge in [0.2, 0.25) is 0 Å². The van der Waals surface area contributed by atoms with Crippen LogP contribution in [0.4, 0.5) is 0 Å². The Bertz CT molecular complexity index is 649. The number of hydrogen-bond donors (Lipinski definition) is 0. The van der Waals surface area contributed by atoms with Gasteiger partial charge in [-0.1, -0.05) is 60.1 Å². The summed E-state index contributed by atoms with van der Waals surface area (Å²) >= 11 is 6.03. The van der Waals surface area contributed by atoms with Gasteiger partial charge in [0.15, 0.2) is 0 Å². The molecule has 2 nitrogen and oxygen atoms in total. The number of rotatable bonds is 1. The van der Waals surface area contributed by atoms with Crippen LogP contribution >= 0.6 is 11.6 Å². The van der Waals surface area contributed by atoms with E-state index in [1.165, 1.54) is 0 Å². The van der Waals surface area contributed by atoms with Gasteiger partial charge in [0.25, 0.3) is 0 Å². The van der Waals surface area contributed by atoms with Crippen molar-refractivity contribution in [1.82, 2.24) is 9.97 Å². The predicted octanol–water partition coefficient (Wildman–Crippen LogP) is 5.63. The molecule has 0 saturated carbocycles. The minimum absolute atomic E-state index is 0.0695. The van der Waals surface area contributed by atoms with Crippen molar-refractivity contribution in [1.29, 1.82) is 0 Å². The van der Waals surface area contributed by atoms with Gasteiger partial charge in [0, 0.05) is 16.6 Å². The smallest absolute Gasteiger partial charge is 0.0901 e. The van der Waals surface area contributed by atoms with Crippen LogP contribution < -0.4 is 0 Å². The fraction of sp³-hybridized carbons (Fsp3) is 0.556. The molecule has 0 atom stereocenters. The molecule has 21 heavy (non-hydrogen) atoms. The third-order valence-corrected chi connectivity index (χ3v) is 5.25. The van der Waals surface area contributed by atoms with Crippen LogP contribution in [0, 0.1) is 10.8 Å². The van der Waals surface area contributed by atoms with E-state index in [4.69, 9.17) is 16.6 Å². The molecule has 0 aliphatic carbocycles. The van der Waals surface area contributed by atoms with Gasteiger partial charge in [0.1, 0.15) is 0 Å². The second kappa shape index (κ2) is 4.95. The highest BCUT2D eigenvalue weighted by molar-refractivity contribution is 6.31. The molecule has 1 aromatic heterocycles. The highest BCUT2D eigenvalue weighted by Gasteiger charge is 2.49. The van der Waals surface area contributed by atoms with Crippen LogP contribution in [0.25, 0.3) is 11.0 Å². The first-order valence-electron chi connectivity index (χ1n) is 7.39. The summed E-state index contributed by atoms with van der Waals surface area (Å²) in [6.45, 7) is 15.9. The Morgan fingerprint density at radius 3 is 1.95 bits per heavy atom. The number of fused-ring (bicyclic) bond motifs is 1. The van der Waals surface area contributed by atoms with E-state index in [-0.39, 0.29) is 16.2 Å². The first kappa shape index (κ1) is 16.2. The maximum Gasteiger partial charge on any atom is 0.0901 e. The lowest BCUT2D eigenvalue weighted by Crippen LogP contribution is -2.48. The molecule has 2 aromatic rings. The predicted molar refractivity (Wildman–Crippen MR) is 90.8 cm³/mol. The average Bonchev–Trinajstić information content (AvgIpc) is 2.34. The molecule has 3 heteroatoms. The maximum absolute atomic E-state index is 6.03. The Labute approximate surface area is 133 Å². The third kappa shape index (κ3) is 2.66. The molecule has 0 saturated heterocycles. The molecule has 0 aliphatic rings. The molecular formula is C18H25ClN2. The molecule has 114 valence electrons. The lowest BCUT2D eigenvalue weighted by Gasteiger charge is -2.50. The Morgan fingerprint density at radius 1 is 0.857 bits per heavy atom. The van der Waals surface area contributed by atoms with Crippen molar-refractivity contribution < 1.29 is 0 Å². The van der Waals surface area contributed by atoms with Crippen molar-refractivity contribution in [3.8, 4) is 0 Å². The molecule has 0 radical (unpaired) electrons. The molecule has 0 fully saturated rings. The van der Waals surface area contributed by atoms with E-state index >= 15 is 0 Å². The number of benzene rings is 1. The fourth-order valence-electron chi connectivity index (χ4n) is 3.12. The Morgan fingerprint density at radius 2 is 1.43 bits per heavy atom. The first-order valence-corrected chi connectivity index (χ1v) is 7.77. The van der Waals surface area contributed by atoms with E-state index < -0.39 is 0 Å². The van der Waals surface area contributed by atoms with Gasteiger partial charge in [-0.3, -0.25) is 4.98 Å². The maximum atomic E-state index is 6.03. The molecule has 1 aromatic carbocycles. The Balaban J connectivity index is 2.70. The van der Waals surface area contributed by atoms with Crippen molar-refractivity contribution in [2.45, 2.75) is 53.9 Å². The molecular weight excluding hydrogens is 280 g/mol. The van der Waals surface area contributed by atoms with Gasteiger partial charge in [-0.05, 0) is 29.0 Å². The Kier molecular flexibility index (Phi) is 3.82. The van der Waals surface area contributed by atoms with Crippen LogP contribution in [0.1, 0.15) is 54.2 Å². The zero-order chi connectivity index (χ0) is 16.1. The lowest BCUT2D eigenvalue weighted by molar-refractivity contribution is 0.0652. The van der Waals surface area contributed by atoms with Crippen LogP contribution in [-0.4, -0.2) is 9.97 Å². The summed E-state index contributed by atoms with van der Waals surface area (Å²) in [6.07, 6.45) is 1.91. The van der Waals surface area contributed by atoms with Gasteiger partial charge in [-0.15, -0.1) is 0 Å². The molecule has 0 bridgehead atoms. The number of aromatic nitrogens is 2. The van der Waals surface area contributed by atoms with Crippen molar-refractivity contribution in [3.05, 3.63) is 35.1 Å². The lowest BCUT2D eigenvalue weighted by atomic mass is 9.54. The minimum atomic E-state index is -0.0964. The quantitative estimate of drug-likeness (QED) is 0.682. The Hall–Kier alpha value is -1.15. The second-order valence-corrected chi connectivity index (χ2v) is 8.45. The summed E-state index contributed by atoms with van der Waals surface area (Å²) in [4.78, 5) is 9.49. The SMILES string of the molecule is CC(C)(C)C(C)(c1cnc2cc(Cl)ccc2n1)C(C)(C)C. The van der Waals surface area contributed by atoms with Crippen molar-refractivity contribution in [2.24, 2.45) is 10.8 Å². The van der Waals surface area contributed by atoms with Crippen LogP contribution in [0.5, 0.6) is 0 Å². The monoisotopic (exact) mass is 304 g/mol. The van der Waals surface area contributed by atoms with E-state index in [1.807, 2.05) is 24.4 Å². The largest absolute Gasteiger partial charge is 0.253 e. The summed E-state index contributed by atoms with van der Waals surface area (Å²) in [7, 11) is 0. The highest BCUT2D eigenvalue weighted by Crippen LogP contribution is 2.52. The second-order valence-electron chi connectivity index (χ2n) is 8.01. The molecule has 0 aliphatic heterocycles. The minimum Gasteiger partial charge on any atom is -0.253 e. The van der Waals surface area contributed by atoms with Gasteiger partial charge >= 0.3 is 0 Å². The summed E-state index contributed by atoms with van der Waals surface area (Å²) in [5.74, 6) is 0. The van der Waals surface area contributed by atoms with Crippen LogP contribution in [-0.2, 0) is 5.41 Å². The zero-order valence-corrected chi connectivity index (χ0v) is 14.8. The number of hydrogen-bond acceptors (Lipinski definition) is 2. The summed E-state index contributed by atoms with van der Waals surface area (Å²) in [5, 5.41) is 0.693. The summed E-state index contributed by atoms with van der Waals surface area (Å²) in [6, 6.07) is 5.67. The number of halogens is 1. The van der Waals surface area contributed by atoms with E-state index in [0.717, 1.165) is 16.7 Å². The third-order valence-electron chi connectivity index (χ3n) is 5.02. The van der Waals surface area contributed by atoms with E-state index in [0.29, 0.717) is 5.02 Å². The van der Waals surface area contributed by atoms with Crippen molar-refractivity contribution >= 4 is 22.6 Å². The normalized spacial score (nSPS) is 13.7. The van der Waals surface area contributed by atoms with E-state index in [9.17, 15) is 0 Å². The first-order chi connectivity index (χ1) is 9.47. The zero-order valence-electron chi connectivity index (χ0n) is 14.1. The van der Waals surface area contributed by atoms with E-state index in [1.54, 1.807) is 0 Å². The molecule has 1 heterocycles. The molecule has 0 spiro atoms. The number of nitrogens with zero attached hydrogens (tertiary/aromatic N) is 2. The molecule has 0 amide bonds. The van der Waals surface area contributed by atoms with Gasteiger partial charge in [-0.2, -0.15) is 0 Å². The molecule has 0 unspecified atom stereocenters.